The Hall–Kier alpha value is -0.770. The number of benzene rings is 1. The lowest BCUT2D eigenvalue weighted by Crippen LogP contribution is -2.14. The summed E-state index contributed by atoms with van der Waals surface area (Å²) >= 11 is 2.92. The molecule has 0 aromatic heterocycles. The number of carbonyl (C=O) groups excluding carboxylic acids is 1. The number of carbonyl (C=O) groups is 1. The minimum atomic E-state index is -1.00. The molecule has 1 aromatic carbocycles. The van der Waals surface area contributed by atoms with E-state index in [2.05, 4.69) is 15.9 Å². The maximum Gasteiger partial charge on any atom is 0.173 e. The van der Waals surface area contributed by atoms with E-state index in [0.29, 0.717) is 12.8 Å². The summed E-state index contributed by atoms with van der Waals surface area (Å²) in [4.78, 5) is 12.0. The number of ketones is 1. The van der Waals surface area contributed by atoms with Crippen molar-refractivity contribution in [2.75, 3.05) is 0 Å². The highest BCUT2D eigenvalue weighted by Crippen LogP contribution is 2.26. The van der Waals surface area contributed by atoms with Gasteiger partial charge in [-0.3, -0.25) is 4.79 Å². The third kappa shape index (κ3) is 2.48. The third-order valence-electron chi connectivity index (χ3n) is 2.66. The van der Waals surface area contributed by atoms with Crippen molar-refractivity contribution in [1.29, 1.82) is 0 Å². The van der Waals surface area contributed by atoms with E-state index >= 15 is 0 Å². The van der Waals surface area contributed by atoms with Crippen LogP contribution in [0.25, 0.3) is 0 Å². The highest BCUT2D eigenvalue weighted by atomic mass is 79.9. The van der Waals surface area contributed by atoms with E-state index in [0.717, 1.165) is 6.07 Å². The predicted octanol–water partition coefficient (Wildman–Crippen LogP) is 4.35. The van der Waals surface area contributed by atoms with Crippen LogP contribution in [0.1, 0.15) is 37.0 Å². The maximum atomic E-state index is 13.2. The van der Waals surface area contributed by atoms with Crippen molar-refractivity contribution in [3.8, 4) is 0 Å². The number of hydrogen-bond donors (Lipinski definition) is 0. The number of halogens is 3. The van der Waals surface area contributed by atoms with Crippen molar-refractivity contribution in [2.24, 2.45) is 5.92 Å². The van der Waals surface area contributed by atoms with Crippen molar-refractivity contribution in [3.05, 3.63) is 33.8 Å². The van der Waals surface area contributed by atoms with Crippen molar-refractivity contribution >= 4 is 21.7 Å². The molecule has 1 rings (SSSR count). The van der Waals surface area contributed by atoms with Crippen molar-refractivity contribution in [3.63, 3.8) is 0 Å². The van der Waals surface area contributed by atoms with Gasteiger partial charge in [0.05, 0.1) is 4.47 Å². The highest BCUT2D eigenvalue weighted by Gasteiger charge is 2.21. The fourth-order valence-electron chi connectivity index (χ4n) is 1.60. The van der Waals surface area contributed by atoms with Gasteiger partial charge in [0.1, 0.15) is 0 Å². The first-order chi connectivity index (χ1) is 7.52. The van der Waals surface area contributed by atoms with Gasteiger partial charge in [0.15, 0.2) is 17.4 Å². The maximum absolute atomic E-state index is 13.2. The van der Waals surface area contributed by atoms with Gasteiger partial charge in [0.25, 0.3) is 0 Å². The van der Waals surface area contributed by atoms with E-state index in [1.165, 1.54) is 6.07 Å². The average molecular weight is 291 g/mol. The fourth-order valence-corrected chi connectivity index (χ4v) is 2.11. The molecule has 0 saturated carbocycles. The summed E-state index contributed by atoms with van der Waals surface area (Å²) in [5, 5.41) is 0. The average Bonchev–Trinajstić information content (AvgIpc) is 2.27. The molecule has 0 N–H and O–H groups in total. The molecule has 0 aliphatic rings. The zero-order valence-corrected chi connectivity index (χ0v) is 10.8. The minimum absolute atomic E-state index is 0.0793. The first-order valence-corrected chi connectivity index (χ1v) is 5.99. The van der Waals surface area contributed by atoms with Crippen LogP contribution in [0.4, 0.5) is 8.78 Å². The summed E-state index contributed by atoms with van der Waals surface area (Å²) in [5.74, 6) is -2.23. The molecule has 0 aliphatic carbocycles. The largest absolute Gasteiger partial charge is 0.294 e. The Morgan fingerprint density at radius 3 is 2.38 bits per heavy atom. The molecular weight excluding hydrogens is 278 g/mol. The predicted molar refractivity (Wildman–Crippen MR) is 62.5 cm³/mol. The van der Waals surface area contributed by atoms with E-state index in [4.69, 9.17) is 0 Å². The Labute approximate surface area is 102 Å². The molecule has 1 nitrogen and oxygen atoms in total. The molecule has 4 heteroatoms. The Balaban J connectivity index is 3.14. The quantitative estimate of drug-likeness (QED) is 0.595. The number of hydrogen-bond acceptors (Lipinski definition) is 1. The van der Waals surface area contributed by atoms with Gasteiger partial charge in [-0.25, -0.2) is 8.78 Å². The first-order valence-electron chi connectivity index (χ1n) is 5.20. The van der Waals surface area contributed by atoms with E-state index in [-0.39, 0.29) is 21.7 Å². The second-order valence-electron chi connectivity index (χ2n) is 3.60. The van der Waals surface area contributed by atoms with Crippen molar-refractivity contribution in [1.82, 2.24) is 0 Å². The highest BCUT2D eigenvalue weighted by molar-refractivity contribution is 9.10. The number of Topliss-reactive ketones (excluding diaryl/α,β-unsaturated/α-hetero) is 1. The molecule has 0 spiro atoms. The molecule has 0 unspecified atom stereocenters. The van der Waals surface area contributed by atoms with Crippen LogP contribution in [-0.4, -0.2) is 5.78 Å². The monoisotopic (exact) mass is 290 g/mol. The molecule has 0 heterocycles. The van der Waals surface area contributed by atoms with Crippen LogP contribution >= 0.6 is 15.9 Å². The molecule has 0 atom stereocenters. The second kappa shape index (κ2) is 5.53. The first kappa shape index (κ1) is 13.3. The molecule has 0 aliphatic heterocycles. The van der Waals surface area contributed by atoms with Crippen LogP contribution in [0.3, 0.4) is 0 Å². The summed E-state index contributed by atoms with van der Waals surface area (Å²) in [7, 11) is 0. The van der Waals surface area contributed by atoms with Crippen LogP contribution < -0.4 is 0 Å². The van der Waals surface area contributed by atoms with Crippen LogP contribution in [0.2, 0.25) is 0 Å². The van der Waals surface area contributed by atoms with Crippen LogP contribution in [-0.2, 0) is 0 Å². The number of rotatable bonds is 4. The Kier molecular flexibility index (Phi) is 4.59. The van der Waals surface area contributed by atoms with Crippen LogP contribution in [0.5, 0.6) is 0 Å². The fraction of sp³-hybridized carbons (Fsp3) is 0.417. The van der Waals surface area contributed by atoms with E-state index in [1.807, 2.05) is 13.8 Å². The van der Waals surface area contributed by atoms with Crippen molar-refractivity contribution < 1.29 is 13.6 Å². The summed E-state index contributed by atoms with van der Waals surface area (Å²) in [6.07, 6.45) is 1.39. The topological polar surface area (TPSA) is 17.1 Å². The smallest absolute Gasteiger partial charge is 0.173 e. The van der Waals surface area contributed by atoms with E-state index in [9.17, 15) is 13.6 Å². The van der Waals surface area contributed by atoms with Gasteiger partial charge >= 0.3 is 0 Å². The van der Waals surface area contributed by atoms with Gasteiger partial charge in [0.2, 0.25) is 0 Å². The van der Waals surface area contributed by atoms with Gasteiger partial charge in [0, 0.05) is 11.5 Å². The minimum Gasteiger partial charge on any atom is -0.294 e. The molecular formula is C12H13BrF2O. The summed E-state index contributed by atoms with van der Waals surface area (Å²) < 4.78 is 26.0. The van der Waals surface area contributed by atoms with Gasteiger partial charge in [-0.15, -0.1) is 0 Å². The van der Waals surface area contributed by atoms with Crippen LogP contribution in [0, 0.1) is 17.6 Å². The second-order valence-corrected chi connectivity index (χ2v) is 4.39. The standard InChI is InChI=1S/C12H13BrF2O/c1-3-7(4-2)12(16)8-5-6-9(14)11(15)10(8)13/h5-7H,3-4H2,1-2H3. The Bertz CT molecular complexity index is 400. The molecule has 88 valence electrons. The molecule has 0 fully saturated rings. The third-order valence-corrected chi connectivity index (χ3v) is 3.43. The lowest BCUT2D eigenvalue weighted by Gasteiger charge is -2.12. The van der Waals surface area contributed by atoms with Crippen LogP contribution in [0.15, 0.2) is 16.6 Å². The normalized spacial score (nSPS) is 10.9. The van der Waals surface area contributed by atoms with E-state index in [1.54, 1.807) is 0 Å². The lowest BCUT2D eigenvalue weighted by molar-refractivity contribution is 0.0912. The zero-order valence-electron chi connectivity index (χ0n) is 9.19. The van der Waals surface area contributed by atoms with E-state index < -0.39 is 11.6 Å². The summed E-state index contributed by atoms with van der Waals surface area (Å²) in [6.45, 7) is 3.81. The Morgan fingerprint density at radius 2 is 1.88 bits per heavy atom. The molecule has 16 heavy (non-hydrogen) atoms. The molecule has 0 amide bonds. The lowest BCUT2D eigenvalue weighted by atomic mass is 9.93. The van der Waals surface area contributed by atoms with Gasteiger partial charge in [-0.1, -0.05) is 13.8 Å². The summed E-state index contributed by atoms with van der Waals surface area (Å²) in [5.41, 5.74) is 0.215. The van der Waals surface area contributed by atoms with Gasteiger partial charge in [-0.05, 0) is 40.9 Å². The molecule has 0 radical (unpaired) electrons. The Morgan fingerprint density at radius 1 is 1.31 bits per heavy atom. The van der Waals surface area contributed by atoms with Gasteiger partial charge < -0.3 is 0 Å². The molecule has 1 aromatic rings. The van der Waals surface area contributed by atoms with Gasteiger partial charge in [-0.2, -0.15) is 0 Å². The molecule has 0 saturated heterocycles. The van der Waals surface area contributed by atoms with Crippen molar-refractivity contribution in [2.45, 2.75) is 26.7 Å². The summed E-state index contributed by atoms with van der Waals surface area (Å²) in [6, 6.07) is 2.30. The molecule has 0 bridgehead atoms. The SMILES string of the molecule is CCC(CC)C(=O)c1ccc(F)c(F)c1Br. The zero-order chi connectivity index (χ0) is 12.3.